The normalized spacial score (nSPS) is 43.9. The van der Waals surface area contributed by atoms with Gasteiger partial charge in [0.05, 0.1) is 5.60 Å². The molecular formula is C34H54O. The first kappa shape index (κ1) is 25.8. The van der Waals surface area contributed by atoms with Crippen molar-refractivity contribution in [2.45, 2.75) is 124 Å². The van der Waals surface area contributed by atoms with Crippen molar-refractivity contribution in [3.63, 3.8) is 0 Å². The van der Waals surface area contributed by atoms with Gasteiger partial charge in [-0.05, 0) is 116 Å². The van der Waals surface area contributed by atoms with Crippen LogP contribution in [0.1, 0.15) is 117 Å². The molecule has 5 rings (SSSR count). The minimum absolute atomic E-state index is 0.453. The van der Waals surface area contributed by atoms with Crippen molar-refractivity contribution in [1.29, 1.82) is 0 Å². The summed E-state index contributed by atoms with van der Waals surface area (Å²) in [5, 5.41) is 11.7. The molecule has 1 nitrogen and oxygen atoms in total. The Kier molecular flexibility index (Phi) is 7.24. The lowest BCUT2D eigenvalue weighted by Crippen LogP contribution is -2.56. The van der Waals surface area contributed by atoms with Crippen molar-refractivity contribution < 1.29 is 5.11 Å². The quantitative estimate of drug-likeness (QED) is 0.414. The summed E-state index contributed by atoms with van der Waals surface area (Å²) in [5.41, 5.74) is 1.85. The number of aliphatic hydroxyl groups is 1. The van der Waals surface area contributed by atoms with E-state index in [0.29, 0.717) is 16.7 Å². The van der Waals surface area contributed by atoms with Gasteiger partial charge in [-0.3, -0.25) is 0 Å². The molecule has 4 fully saturated rings. The van der Waals surface area contributed by atoms with Crippen molar-refractivity contribution in [2.75, 3.05) is 0 Å². The van der Waals surface area contributed by atoms with E-state index in [-0.39, 0.29) is 0 Å². The molecule has 1 N–H and O–H groups in total. The Hall–Kier alpha value is -0.820. The molecule has 0 saturated heterocycles. The van der Waals surface area contributed by atoms with Gasteiger partial charge in [-0.1, -0.05) is 84.2 Å². The van der Waals surface area contributed by atoms with Gasteiger partial charge in [0.25, 0.3) is 0 Å². The summed E-state index contributed by atoms with van der Waals surface area (Å²) in [5.74, 6) is 6.22. The smallest absolute Gasteiger partial charge is 0.0691 e. The Labute approximate surface area is 216 Å². The minimum atomic E-state index is -0.495. The highest BCUT2D eigenvalue weighted by Gasteiger charge is 2.61. The largest absolute Gasteiger partial charge is 0.390 e. The fourth-order valence-electron chi connectivity index (χ4n) is 10.5. The number of fused-ring (bicyclic) bond motifs is 5. The summed E-state index contributed by atoms with van der Waals surface area (Å²) < 4.78 is 0. The third-order valence-corrected chi connectivity index (χ3v) is 12.4. The first-order valence-electron chi connectivity index (χ1n) is 15.4. The van der Waals surface area contributed by atoms with Crippen LogP contribution in [0.3, 0.4) is 0 Å². The Morgan fingerprint density at radius 2 is 1.57 bits per heavy atom. The lowest BCUT2D eigenvalue weighted by Gasteiger charge is -2.62. The zero-order valence-electron chi connectivity index (χ0n) is 23.6. The zero-order chi connectivity index (χ0) is 24.8. The Balaban J connectivity index is 1.26. The van der Waals surface area contributed by atoms with Gasteiger partial charge in [0, 0.05) is 6.42 Å². The molecule has 0 aliphatic heterocycles. The number of hydrogen-bond donors (Lipinski definition) is 1. The van der Waals surface area contributed by atoms with Crippen LogP contribution >= 0.6 is 0 Å². The molecule has 0 aromatic heterocycles. The van der Waals surface area contributed by atoms with Crippen molar-refractivity contribution in [3.05, 3.63) is 35.9 Å². The van der Waals surface area contributed by atoms with Crippen LogP contribution in [-0.4, -0.2) is 10.7 Å². The van der Waals surface area contributed by atoms with Gasteiger partial charge in [-0.2, -0.15) is 0 Å². The summed E-state index contributed by atoms with van der Waals surface area (Å²) in [6.45, 7) is 12.7. The van der Waals surface area contributed by atoms with Crippen LogP contribution in [0.25, 0.3) is 0 Å². The molecule has 0 heterocycles. The predicted octanol–water partition coefficient (Wildman–Crippen LogP) is 9.08. The van der Waals surface area contributed by atoms with E-state index in [1.165, 1.54) is 69.8 Å². The highest BCUT2D eigenvalue weighted by molar-refractivity contribution is 5.19. The third kappa shape index (κ3) is 4.78. The highest BCUT2D eigenvalue weighted by Crippen LogP contribution is 2.69. The predicted molar refractivity (Wildman–Crippen MR) is 148 cm³/mol. The van der Waals surface area contributed by atoms with Gasteiger partial charge in [0.15, 0.2) is 0 Å². The van der Waals surface area contributed by atoms with E-state index in [9.17, 15) is 5.11 Å². The molecule has 0 bridgehead atoms. The summed E-state index contributed by atoms with van der Waals surface area (Å²) in [6, 6.07) is 10.7. The summed E-state index contributed by atoms with van der Waals surface area (Å²) in [7, 11) is 0. The third-order valence-electron chi connectivity index (χ3n) is 12.4. The molecule has 4 aliphatic rings. The van der Waals surface area contributed by atoms with Crippen LogP contribution in [0.4, 0.5) is 0 Å². The number of hydrogen-bond acceptors (Lipinski definition) is 1. The maximum Gasteiger partial charge on any atom is 0.0691 e. The van der Waals surface area contributed by atoms with E-state index in [1.807, 2.05) is 0 Å². The molecule has 1 heteroatoms. The van der Waals surface area contributed by atoms with Crippen LogP contribution < -0.4 is 0 Å². The van der Waals surface area contributed by atoms with Crippen LogP contribution in [0.5, 0.6) is 0 Å². The Morgan fingerprint density at radius 1 is 0.829 bits per heavy atom. The van der Waals surface area contributed by atoms with Crippen LogP contribution in [0.15, 0.2) is 30.3 Å². The van der Waals surface area contributed by atoms with E-state index >= 15 is 0 Å². The molecule has 0 unspecified atom stereocenters. The minimum Gasteiger partial charge on any atom is -0.390 e. The first-order valence-corrected chi connectivity index (χ1v) is 15.4. The van der Waals surface area contributed by atoms with Gasteiger partial charge in [-0.25, -0.2) is 0 Å². The van der Waals surface area contributed by atoms with Crippen molar-refractivity contribution in [1.82, 2.24) is 0 Å². The van der Waals surface area contributed by atoms with Gasteiger partial charge < -0.3 is 5.11 Å². The van der Waals surface area contributed by atoms with E-state index in [1.54, 1.807) is 0 Å². The first-order chi connectivity index (χ1) is 16.6. The molecule has 0 radical (unpaired) electrons. The number of rotatable bonds is 7. The van der Waals surface area contributed by atoms with Gasteiger partial charge >= 0.3 is 0 Å². The Bertz CT molecular complexity index is 845. The van der Waals surface area contributed by atoms with E-state index in [0.717, 1.165) is 54.8 Å². The zero-order valence-corrected chi connectivity index (χ0v) is 23.6. The molecule has 4 saturated carbocycles. The topological polar surface area (TPSA) is 20.2 Å². The van der Waals surface area contributed by atoms with Gasteiger partial charge in [0.2, 0.25) is 0 Å². The molecular weight excluding hydrogens is 424 g/mol. The molecule has 1 aromatic rings. The standard InChI is InChI=1S/C34H54O/c1-24(2)10-9-11-25(3)29-16-17-30-28-15-14-27-23-34(35,22-26-12-7-6-8-13-26)21-20-32(27,4)31(28)18-19-33(29,30)5/h6-8,12-13,24-25,27-31,35H,9-11,14-23H2,1-5H3/t25-,27+,28+,29-,30+,31+,32+,33-,34+/m1/s1. The lowest BCUT2D eigenvalue weighted by atomic mass is 9.43. The highest BCUT2D eigenvalue weighted by atomic mass is 16.3. The van der Waals surface area contributed by atoms with Crippen LogP contribution in [0.2, 0.25) is 0 Å². The summed E-state index contributed by atoms with van der Waals surface area (Å²) in [4.78, 5) is 0. The van der Waals surface area contributed by atoms with Crippen LogP contribution in [0, 0.1) is 52.3 Å². The molecule has 0 amide bonds. The van der Waals surface area contributed by atoms with Crippen LogP contribution in [-0.2, 0) is 6.42 Å². The molecule has 0 spiro atoms. The lowest BCUT2D eigenvalue weighted by molar-refractivity contribution is -0.152. The van der Waals surface area contributed by atoms with E-state index in [2.05, 4.69) is 65.0 Å². The van der Waals surface area contributed by atoms with Gasteiger partial charge in [-0.15, -0.1) is 0 Å². The molecule has 9 atom stereocenters. The second kappa shape index (κ2) is 9.81. The van der Waals surface area contributed by atoms with E-state index in [4.69, 9.17) is 0 Å². The Morgan fingerprint density at radius 3 is 2.31 bits per heavy atom. The van der Waals surface area contributed by atoms with Gasteiger partial charge in [0.1, 0.15) is 0 Å². The maximum absolute atomic E-state index is 11.7. The van der Waals surface area contributed by atoms with Crippen molar-refractivity contribution in [2.24, 2.45) is 52.3 Å². The average Bonchev–Trinajstić information content (AvgIpc) is 3.17. The second-order valence-electron chi connectivity index (χ2n) is 14.8. The second-order valence-corrected chi connectivity index (χ2v) is 14.8. The monoisotopic (exact) mass is 478 g/mol. The number of benzene rings is 1. The van der Waals surface area contributed by atoms with E-state index < -0.39 is 5.60 Å². The van der Waals surface area contributed by atoms with Crippen molar-refractivity contribution in [3.8, 4) is 0 Å². The summed E-state index contributed by atoms with van der Waals surface area (Å²) >= 11 is 0. The molecule has 35 heavy (non-hydrogen) atoms. The maximum atomic E-state index is 11.7. The fourth-order valence-corrected chi connectivity index (χ4v) is 10.5. The molecule has 1 aromatic carbocycles. The molecule has 196 valence electrons. The van der Waals surface area contributed by atoms with Crippen molar-refractivity contribution >= 4 is 0 Å². The average molecular weight is 479 g/mol. The molecule has 4 aliphatic carbocycles. The fraction of sp³-hybridized carbons (Fsp3) is 0.824. The summed E-state index contributed by atoms with van der Waals surface area (Å²) in [6.07, 6.45) is 17.1. The SMILES string of the molecule is CC(C)CCC[C@@H](C)[C@H]1CC[C@H]2[C@@H]3CC[C@H]4C[C@@](O)(Cc5ccccc5)CC[C@]4(C)[C@H]3CC[C@]12C.